The fourth-order valence-corrected chi connectivity index (χ4v) is 4.38. The van der Waals surface area contributed by atoms with Gasteiger partial charge in [-0.25, -0.2) is 13.8 Å². The minimum absolute atomic E-state index is 0.0799. The minimum atomic E-state index is -0.725. The first-order valence-corrected chi connectivity index (χ1v) is 9.43. The molecule has 1 aliphatic rings. The van der Waals surface area contributed by atoms with Crippen LogP contribution in [-0.4, -0.2) is 30.2 Å². The van der Waals surface area contributed by atoms with Crippen molar-refractivity contribution in [3.05, 3.63) is 47.7 Å². The number of benzene rings is 1. The van der Waals surface area contributed by atoms with Gasteiger partial charge in [0, 0.05) is 31.2 Å². The Balaban J connectivity index is 1.80. The summed E-state index contributed by atoms with van der Waals surface area (Å²) in [7, 11) is 3.11. The molecule has 1 aromatic carbocycles. The number of anilines is 2. The number of carbonyl (C=O) groups is 1. The molecule has 0 bridgehead atoms. The SMILES string of the molecule is CN(C)c1c(F)cc(NC(=O)c2cccnc2SC2CCCC2)cc1F. The van der Waals surface area contributed by atoms with Crippen molar-refractivity contribution >= 4 is 29.0 Å². The van der Waals surface area contributed by atoms with Crippen LogP contribution in [0.15, 0.2) is 35.5 Å². The average Bonchev–Trinajstić information content (AvgIpc) is 3.07. The Morgan fingerprint density at radius 3 is 2.50 bits per heavy atom. The molecule has 4 nitrogen and oxygen atoms in total. The lowest BCUT2D eigenvalue weighted by molar-refractivity contribution is 0.102. The van der Waals surface area contributed by atoms with Crippen molar-refractivity contribution in [3.63, 3.8) is 0 Å². The molecule has 1 amide bonds. The zero-order chi connectivity index (χ0) is 18.7. The molecule has 0 unspecified atom stereocenters. The van der Waals surface area contributed by atoms with Crippen LogP contribution in [0.1, 0.15) is 36.0 Å². The molecular weight excluding hydrogens is 356 g/mol. The second kappa shape index (κ2) is 8.03. The van der Waals surface area contributed by atoms with Crippen molar-refractivity contribution in [2.75, 3.05) is 24.3 Å². The lowest BCUT2D eigenvalue weighted by Gasteiger charge is -2.16. The van der Waals surface area contributed by atoms with Crippen LogP contribution in [0.25, 0.3) is 0 Å². The van der Waals surface area contributed by atoms with E-state index < -0.39 is 17.5 Å². The van der Waals surface area contributed by atoms with E-state index >= 15 is 0 Å². The Morgan fingerprint density at radius 2 is 1.88 bits per heavy atom. The molecule has 2 aromatic rings. The second-order valence-electron chi connectivity index (χ2n) is 6.52. The summed E-state index contributed by atoms with van der Waals surface area (Å²) in [4.78, 5) is 18.3. The average molecular weight is 377 g/mol. The monoisotopic (exact) mass is 377 g/mol. The molecule has 1 heterocycles. The maximum absolute atomic E-state index is 14.1. The van der Waals surface area contributed by atoms with Gasteiger partial charge in [0.25, 0.3) is 5.91 Å². The summed E-state index contributed by atoms with van der Waals surface area (Å²) in [6.45, 7) is 0. The van der Waals surface area contributed by atoms with Gasteiger partial charge in [-0.2, -0.15) is 0 Å². The number of hydrogen-bond donors (Lipinski definition) is 1. The third-order valence-corrected chi connectivity index (χ3v) is 5.67. The van der Waals surface area contributed by atoms with Crippen molar-refractivity contribution in [2.24, 2.45) is 0 Å². The molecule has 0 radical (unpaired) electrons. The van der Waals surface area contributed by atoms with Gasteiger partial charge in [0.05, 0.1) is 5.56 Å². The summed E-state index contributed by atoms with van der Waals surface area (Å²) < 4.78 is 28.2. The third-order valence-electron chi connectivity index (χ3n) is 4.32. The van der Waals surface area contributed by atoms with Crippen LogP contribution in [0, 0.1) is 11.6 Å². The van der Waals surface area contributed by atoms with Crippen LogP contribution in [0.5, 0.6) is 0 Å². The number of pyridine rings is 1. The number of hydrogen-bond acceptors (Lipinski definition) is 4. The number of halogens is 2. The molecule has 1 fully saturated rings. The van der Waals surface area contributed by atoms with E-state index in [0.29, 0.717) is 15.8 Å². The molecule has 1 saturated carbocycles. The van der Waals surface area contributed by atoms with Gasteiger partial charge in [-0.05, 0) is 37.1 Å². The van der Waals surface area contributed by atoms with Crippen LogP contribution in [0.3, 0.4) is 0 Å². The predicted octanol–water partition coefficient (Wildman–Crippen LogP) is 4.71. The number of nitrogens with one attached hydrogen (secondary N) is 1. The Labute approximate surface area is 156 Å². The summed E-state index contributed by atoms with van der Waals surface area (Å²) in [5.41, 5.74) is 0.361. The predicted molar refractivity (Wildman–Crippen MR) is 101 cm³/mol. The molecular formula is C19H21F2N3OS. The quantitative estimate of drug-likeness (QED) is 0.819. The van der Waals surface area contributed by atoms with Gasteiger partial charge in [0.15, 0.2) is 11.6 Å². The highest BCUT2D eigenvalue weighted by molar-refractivity contribution is 7.99. The van der Waals surface area contributed by atoms with Gasteiger partial charge in [-0.15, -0.1) is 11.8 Å². The highest BCUT2D eigenvalue weighted by Gasteiger charge is 2.21. The van der Waals surface area contributed by atoms with Crippen molar-refractivity contribution in [2.45, 2.75) is 36.0 Å². The Morgan fingerprint density at radius 1 is 1.23 bits per heavy atom. The maximum atomic E-state index is 14.1. The summed E-state index contributed by atoms with van der Waals surface area (Å²) >= 11 is 1.60. The summed E-state index contributed by atoms with van der Waals surface area (Å²) in [5, 5.41) is 3.70. The number of thioether (sulfide) groups is 1. The molecule has 7 heteroatoms. The van der Waals surface area contributed by atoms with Crippen molar-refractivity contribution in [1.29, 1.82) is 0 Å². The van der Waals surface area contributed by atoms with Crippen molar-refractivity contribution in [1.82, 2.24) is 4.98 Å². The molecule has 1 aromatic heterocycles. The number of carbonyl (C=O) groups excluding carboxylic acids is 1. The van der Waals surface area contributed by atoms with Crippen LogP contribution in [0.2, 0.25) is 0 Å². The summed E-state index contributed by atoms with van der Waals surface area (Å²) in [6.07, 6.45) is 6.28. The van der Waals surface area contributed by atoms with Crippen LogP contribution < -0.4 is 10.2 Å². The van der Waals surface area contributed by atoms with Crippen molar-refractivity contribution < 1.29 is 13.6 Å². The van der Waals surface area contributed by atoms with Crippen LogP contribution in [0.4, 0.5) is 20.2 Å². The van der Waals surface area contributed by atoms with Gasteiger partial charge in [0.1, 0.15) is 10.7 Å². The van der Waals surface area contributed by atoms with Gasteiger partial charge < -0.3 is 10.2 Å². The molecule has 0 spiro atoms. The van der Waals surface area contributed by atoms with E-state index in [1.54, 1.807) is 44.2 Å². The summed E-state index contributed by atoms with van der Waals surface area (Å²) in [6, 6.07) is 5.61. The van der Waals surface area contributed by atoms with E-state index in [2.05, 4.69) is 10.3 Å². The first-order chi connectivity index (χ1) is 12.5. The Hall–Kier alpha value is -2.15. The molecule has 0 aliphatic heterocycles. The molecule has 138 valence electrons. The Bertz CT molecular complexity index is 784. The van der Waals surface area contributed by atoms with E-state index in [1.807, 2.05) is 0 Å². The molecule has 0 atom stereocenters. The van der Waals surface area contributed by atoms with E-state index in [4.69, 9.17) is 0 Å². The highest BCUT2D eigenvalue weighted by atomic mass is 32.2. The molecule has 3 rings (SSSR count). The fraction of sp³-hybridized carbons (Fsp3) is 0.368. The first-order valence-electron chi connectivity index (χ1n) is 8.55. The van der Waals surface area contributed by atoms with E-state index in [1.165, 1.54) is 17.7 Å². The molecule has 1 aliphatic carbocycles. The van der Waals surface area contributed by atoms with Gasteiger partial charge >= 0.3 is 0 Å². The largest absolute Gasteiger partial charge is 0.373 e. The number of nitrogens with zero attached hydrogens (tertiary/aromatic N) is 2. The van der Waals surface area contributed by atoms with Gasteiger partial charge in [-0.1, -0.05) is 12.8 Å². The normalized spacial score (nSPS) is 14.5. The van der Waals surface area contributed by atoms with Gasteiger partial charge in [-0.3, -0.25) is 4.79 Å². The third kappa shape index (κ3) is 4.15. The molecule has 26 heavy (non-hydrogen) atoms. The first kappa shape index (κ1) is 18.6. The zero-order valence-corrected chi connectivity index (χ0v) is 15.6. The van der Waals surface area contributed by atoms with E-state index in [9.17, 15) is 13.6 Å². The maximum Gasteiger partial charge on any atom is 0.258 e. The topological polar surface area (TPSA) is 45.2 Å². The smallest absolute Gasteiger partial charge is 0.258 e. The van der Waals surface area contributed by atoms with Crippen molar-refractivity contribution in [3.8, 4) is 0 Å². The molecule has 0 saturated heterocycles. The fourth-order valence-electron chi connectivity index (χ4n) is 3.08. The standard InChI is InChI=1S/C19H21F2N3OS/c1-24(2)17-15(20)10-12(11-16(17)21)23-18(25)14-8-5-9-22-19(14)26-13-6-3-4-7-13/h5,8-11,13H,3-4,6-7H2,1-2H3,(H,23,25). The number of amides is 1. The zero-order valence-electron chi connectivity index (χ0n) is 14.8. The van der Waals surface area contributed by atoms with Crippen LogP contribution in [-0.2, 0) is 0 Å². The van der Waals surface area contributed by atoms with Crippen LogP contribution >= 0.6 is 11.8 Å². The molecule has 1 N–H and O–H groups in total. The van der Waals surface area contributed by atoms with E-state index in [0.717, 1.165) is 25.0 Å². The number of rotatable bonds is 5. The lowest BCUT2D eigenvalue weighted by Crippen LogP contribution is -2.16. The lowest BCUT2D eigenvalue weighted by atomic mass is 10.2. The highest BCUT2D eigenvalue weighted by Crippen LogP contribution is 2.35. The van der Waals surface area contributed by atoms with Gasteiger partial charge in [0.2, 0.25) is 0 Å². The Kier molecular flexibility index (Phi) is 5.76. The minimum Gasteiger partial charge on any atom is -0.373 e. The number of aromatic nitrogens is 1. The van der Waals surface area contributed by atoms with E-state index in [-0.39, 0.29) is 11.4 Å². The summed E-state index contributed by atoms with van der Waals surface area (Å²) in [5.74, 6) is -1.87. The second-order valence-corrected chi connectivity index (χ2v) is 7.81.